The second-order valence-corrected chi connectivity index (χ2v) is 6.77. The van der Waals surface area contributed by atoms with Gasteiger partial charge in [-0.2, -0.15) is 8.78 Å². The minimum absolute atomic E-state index is 0.0150. The molecule has 0 aromatic heterocycles. The van der Waals surface area contributed by atoms with Gasteiger partial charge in [-0.15, -0.1) is 0 Å². The molecule has 156 valence electrons. The summed E-state index contributed by atoms with van der Waals surface area (Å²) >= 11 is 0. The van der Waals surface area contributed by atoms with Crippen LogP contribution in [0.2, 0.25) is 0 Å². The average molecular weight is 399 g/mol. The molecule has 1 aliphatic carbocycles. The predicted molar refractivity (Wildman–Crippen MR) is 99.5 cm³/mol. The van der Waals surface area contributed by atoms with Crippen LogP contribution in [0.1, 0.15) is 44.7 Å². The average Bonchev–Trinajstić information content (AvgIpc) is 2.60. The zero-order chi connectivity index (χ0) is 20.7. The Morgan fingerprint density at radius 1 is 1.29 bits per heavy atom. The van der Waals surface area contributed by atoms with Crippen molar-refractivity contribution < 1.29 is 28.2 Å². The Balaban J connectivity index is 1.88. The van der Waals surface area contributed by atoms with Gasteiger partial charge in [0, 0.05) is 17.6 Å². The highest BCUT2D eigenvalue weighted by Crippen LogP contribution is 2.29. The van der Waals surface area contributed by atoms with Crippen molar-refractivity contribution in [1.29, 1.82) is 0 Å². The second-order valence-electron chi connectivity index (χ2n) is 6.77. The van der Waals surface area contributed by atoms with Gasteiger partial charge in [-0.3, -0.25) is 9.69 Å². The van der Waals surface area contributed by atoms with E-state index in [9.17, 15) is 18.4 Å². The van der Waals surface area contributed by atoms with Gasteiger partial charge < -0.3 is 20.5 Å². The number of amides is 2. The van der Waals surface area contributed by atoms with Crippen LogP contribution in [0.5, 0.6) is 5.75 Å². The lowest BCUT2D eigenvalue weighted by molar-refractivity contribution is -0.139. The molecule has 0 bridgehead atoms. The van der Waals surface area contributed by atoms with Crippen molar-refractivity contribution in [1.82, 2.24) is 15.5 Å². The second kappa shape index (κ2) is 10.2. The number of likely N-dealkylation sites (N-methyl/N-ethyl adjacent to an activating group) is 1. The van der Waals surface area contributed by atoms with E-state index in [-0.39, 0.29) is 30.4 Å². The maximum atomic E-state index is 12.6. The molecule has 1 atom stereocenters. The highest BCUT2D eigenvalue weighted by atomic mass is 19.3. The molecule has 1 aromatic carbocycles. The van der Waals surface area contributed by atoms with Crippen LogP contribution in [-0.2, 0) is 4.79 Å². The molecular weight excluding hydrogens is 372 g/mol. The van der Waals surface area contributed by atoms with E-state index in [1.54, 1.807) is 18.2 Å². The Morgan fingerprint density at radius 3 is 2.54 bits per heavy atom. The first kappa shape index (κ1) is 21.9. The van der Waals surface area contributed by atoms with E-state index >= 15 is 0 Å². The van der Waals surface area contributed by atoms with E-state index in [0.29, 0.717) is 31.4 Å². The zero-order valence-corrected chi connectivity index (χ0v) is 16.0. The molecule has 2 rings (SSSR count). The van der Waals surface area contributed by atoms with E-state index in [0.717, 1.165) is 0 Å². The van der Waals surface area contributed by atoms with Crippen molar-refractivity contribution in [3.8, 4) is 5.75 Å². The summed E-state index contributed by atoms with van der Waals surface area (Å²) in [6, 6.07) is 5.63. The number of hydrogen-bond acceptors (Lipinski definition) is 4. The summed E-state index contributed by atoms with van der Waals surface area (Å²) in [4.78, 5) is 25.1. The number of nitrogens with zero attached hydrogens (tertiary/aromatic N) is 1. The maximum absolute atomic E-state index is 12.6. The molecule has 0 heterocycles. The minimum atomic E-state index is -2.94. The van der Waals surface area contributed by atoms with Crippen molar-refractivity contribution in [3.05, 3.63) is 29.8 Å². The third kappa shape index (κ3) is 6.05. The number of nitrogens with one attached hydrogen (secondary N) is 2. The summed E-state index contributed by atoms with van der Waals surface area (Å²) < 4.78 is 29.8. The van der Waals surface area contributed by atoms with E-state index in [4.69, 9.17) is 5.11 Å². The summed E-state index contributed by atoms with van der Waals surface area (Å²) in [6.45, 7) is 1.43. The van der Waals surface area contributed by atoms with Crippen molar-refractivity contribution in [3.63, 3.8) is 0 Å². The first-order valence-electron chi connectivity index (χ1n) is 9.40. The van der Waals surface area contributed by atoms with E-state index in [1.165, 1.54) is 6.07 Å². The molecule has 1 aromatic rings. The summed E-state index contributed by atoms with van der Waals surface area (Å²) in [6.07, 6.45) is 1.86. The number of carboxylic acid groups (broad SMARTS) is 1. The van der Waals surface area contributed by atoms with Crippen LogP contribution in [0.25, 0.3) is 0 Å². The van der Waals surface area contributed by atoms with Gasteiger partial charge in [-0.25, -0.2) is 4.79 Å². The fourth-order valence-electron chi connectivity index (χ4n) is 3.43. The van der Waals surface area contributed by atoms with Crippen molar-refractivity contribution in [2.24, 2.45) is 0 Å². The van der Waals surface area contributed by atoms with Crippen molar-refractivity contribution in [2.75, 3.05) is 13.1 Å². The van der Waals surface area contributed by atoms with E-state index in [1.807, 2.05) is 18.7 Å². The Morgan fingerprint density at radius 2 is 1.96 bits per heavy atom. The number of carbonyl (C=O) groups excluding carboxylic acids is 1. The number of benzene rings is 1. The van der Waals surface area contributed by atoms with Crippen LogP contribution >= 0.6 is 0 Å². The Bertz CT molecular complexity index is 668. The van der Waals surface area contributed by atoms with Gasteiger partial charge in [0.15, 0.2) is 0 Å². The predicted octanol–water partition coefficient (Wildman–Crippen LogP) is 2.98. The molecule has 9 heteroatoms. The van der Waals surface area contributed by atoms with Gasteiger partial charge in [0.25, 0.3) is 0 Å². The van der Waals surface area contributed by atoms with Crippen LogP contribution in [0.3, 0.4) is 0 Å². The number of aliphatic carboxylic acids is 1. The fourth-order valence-corrected chi connectivity index (χ4v) is 3.43. The van der Waals surface area contributed by atoms with Gasteiger partial charge in [0.2, 0.25) is 0 Å². The third-order valence-corrected chi connectivity index (χ3v) is 4.93. The number of para-hydroxylation sites is 1. The largest absolute Gasteiger partial charge is 0.480 e. The summed E-state index contributed by atoms with van der Waals surface area (Å²) in [7, 11) is 0. The molecule has 0 spiro atoms. The molecule has 28 heavy (non-hydrogen) atoms. The Hall–Kier alpha value is -2.42. The highest BCUT2D eigenvalue weighted by Gasteiger charge is 2.35. The van der Waals surface area contributed by atoms with Gasteiger partial charge >= 0.3 is 18.6 Å². The SMILES string of the molecule is CCC(NC(=O)NC1CC(N(CC)CC(=O)O)C1)c1ccccc1OC(F)F. The molecule has 0 aliphatic heterocycles. The van der Waals surface area contributed by atoms with Gasteiger partial charge in [-0.05, 0) is 31.9 Å². The van der Waals surface area contributed by atoms with E-state index in [2.05, 4.69) is 15.4 Å². The van der Waals surface area contributed by atoms with E-state index < -0.39 is 18.6 Å². The lowest BCUT2D eigenvalue weighted by atomic mass is 9.85. The van der Waals surface area contributed by atoms with Crippen LogP contribution in [0.4, 0.5) is 13.6 Å². The van der Waals surface area contributed by atoms with Gasteiger partial charge in [-0.1, -0.05) is 32.0 Å². The summed E-state index contributed by atoms with van der Waals surface area (Å²) in [5, 5.41) is 14.6. The molecule has 1 unspecified atom stereocenters. The van der Waals surface area contributed by atoms with Crippen molar-refractivity contribution in [2.45, 2.75) is 57.8 Å². The van der Waals surface area contributed by atoms with Gasteiger partial charge in [0.05, 0.1) is 12.6 Å². The molecule has 1 saturated carbocycles. The quantitative estimate of drug-likeness (QED) is 0.563. The monoisotopic (exact) mass is 399 g/mol. The molecule has 0 saturated heterocycles. The normalized spacial score (nSPS) is 19.8. The number of carbonyl (C=O) groups is 2. The number of alkyl halides is 2. The fraction of sp³-hybridized carbons (Fsp3) is 0.579. The molecular formula is C19H27F2N3O4. The maximum Gasteiger partial charge on any atom is 0.387 e. The first-order valence-corrected chi connectivity index (χ1v) is 9.40. The zero-order valence-electron chi connectivity index (χ0n) is 16.0. The lowest BCUT2D eigenvalue weighted by Crippen LogP contribution is -2.56. The first-order chi connectivity index (χ1) is 13.3. The third-order valence-electron chi connectivity index (χ3n) is 4.93. The molecule has 1 aliphatic rings. The van der Waals surface area contributed by atoms with Crippen LogP contribution in [0.15, 0.2) is 24.3 Å². The van der Waals surface area contributed by atoms with Crippen LogP contribution in [0, 0.1) is 0 Å². The molecule has 0 radical (unpaired) electrons. The number of rotatable bonds is 10. The standard InChI is InChI=1S/C19H27F2N3O4/c1-3-15(14-7-5-6-8-16(14)28-18(20)21)23-19(27)22-12-9-13(10-12)24(4-2)11-17(25)26/h5-8,12-13,15,18H,3-4,9-11H2,1-2H3,(H,25,26)(H2,22,23,27). The number of ether oxygens (including phenoxy) is 1. The van der Waals surface area contributed by atoms with Crippen LogP contribution < -0.4 is 15.4 Å². The number of carboxylic acids is 1. The number of halogens is 2. The lowest BCUT2D eigenvalue weighted by Gasteiger charge is -2.42. The van der Waals surface area contributed by atoms with Crippen molar-refractivity contribution >= 4 is 12.0 Å². The highest BCUT2D eigenvalue weighted by molar-refractivity contribution is 5.75. The molecule has 2 amide bonds. The minimum Gasteiger partial charge on any atom is -0.480 e. The molecule has 1 fully saturated rings. The molecule has 3 N–H and O–H groups in total. The molecule has 7 nitrogen and oxygen atoms in total. The summed E-state index contributed by atoms with van der Waals surface area (Å²) in [5.41, 5.74) is 0.491. The Labute approximate surface area is 163 Å². The topological polar surface area (TPSA) is 90.9 Å². The van der Waals surface area contributed by atoms with Gasteiger partial charge in [0.1, 0.15) is 5.75 Å². The number of urea groups is 1. The number of hydrogen-bond donors (Lipinski definition) is 3. The van der Waals surface area contributed by atoms with Crippen LogP contribution in [-0.4, -0.2) is 53.8 Å². The summed E-state index contributed by atoms with van der Waals surface area (Å²) in [5.74, 6) is -0.827. The Kier molecular flexibility index (Phi) is 7.98. The smallest absolute Gasteiger partial charge is 0.387 e.